The molecule has 7 rings (SSSR count). The van der Waals surface area contributed by atoms with Crippen molar-refractivity contribution in [2.24, 2.45) is 13.0 Å². The van der Waals surface area contributed by atoms with E-state index in [-0.39, 0.29) is 46.4 Å². The van der Waals surface area contributed by atoms with Crippen LogP contribution in [0.25, 0.3) is 10.9 Å². The minimum absolute atomic E-state index is 0.0142. The fourth-order valence-electron chi connectivity index (χ4n) is 7.24. The van der Waals surface area contributed by atoms with Crippen LogP contribution in [0.4, 0.5) is 14.6 Å². The van der Waals surface area contributed by atoms with Gasteiger partial charge >= 0.3 is 0 Å². The number of fused-ring (bicyclic) bond motifs is 8. The quantitative estimate of drug-likeness (QED) is 0.401. The Morgan fingerprint density at radius 3 is 2.38 bits per heavy atom. The second-order valence-electron chi connectivity index (χ2n) is 13.3. The van der Waals surface area contributed by atoms with Crippen LogP contribution in [0.1, 0.15) is 86.9 Å². The van der Waals surface area contributed by atoms with E-state index in [2.05, 4.69) is 15.3 Å². The lowest BCUT2D eigenvalue weighted by atomic mass is 9.89. The zero-order valence-electron chi connectivity index (χ0n) is 26.1. The largest absolute Gasteiger partial charge is 0.362 e. The van der Waals surface area contributed by atoms with E-state index in [1.165, 1.54) is 17.8 Å². The molecule has 1 N–H and O–H groups in total. The van der Waals surface area contributed by atoms with Gasteiger partial charge in [-0.25, -0.2) is 21.9 Å². The molecule has 0 aliphatic carbocycles. The number of alkyl halides is 2. The second kappa shape index (κ2) is 12.6. The van der Waals surface area contributed by atoms with E-state index in [9.17, 15) is 18.0 Å². The normalized spacial score (nSPS) is 26.0. The highest BCUT2D eigenvalue weighted by Gasteiger charge is 2.39. The zero-order valence-corrected chi connectivity index (χ0v) is 26.9. The summed E-state index contributed by atoms with van der Waals surface area (Å²) < 4.78 is 58.1. The number of halogens is 2. The van der Waals surface area contributed by atoms with Crippen LogP contribution in [-0.4, -0.2) is 58.8 Å². The summed E-state index contributed by atoms with van der Waals surface area (Å²) in [6, 6.07) is 7.75. The van der Waals surface area contributed by atoms with Gasteiger partial charge in [-0.2, -0.15) is 5.10 Å². The van der Waals surface area contributed by atoms with Gasteiger partial charge in [0.05, 0.1) is 17.5 Å². The number of hydrogen-bond donors (Lipinski definition) is 1. The van der Waals surface area contributed by atoms with Gasteiger partial charge in [0.1, 0.15) is 15.4 Å². The van der Waals surface area contributed by atoms with Crippen LogP contribution in [0, 0.1) is 5.92 Å². The lowest BCUT2D eigenvalue weighted by Crippen LogP contribution is -2.48. The summed E-state index contributed by atoms with van der Waals surface area (Å²) in [6.45, 7) is 4.53. The lowest BCUT2D eigenvalue weighted by Gasteiger charge is -2.41. The molecule has 0 amide bonds. The maximum Gasteiger partial charge on any atom is 0.291 e. The first kappa shape index (κ1) is 31.8. The van der Waals surface area contributed by atoms with Crippen LogP contribution < -0.4 is 16.4 Å². The van der Waals surface area contributed by atoms with E-state index >= 15 is 8.78 Å². The molecule has 8 bridgehead atoms. The molecular formula is C33H43F2N5O4S. The average Bonchev–Trinajstić information content (AvgIpc) is 2.98. The van der Waals surface area contributed by atoms with Gasteiger partial charge in [0, 0.05) is 49.6 Å². The molecule has 0 radical (unpaired) electrons. The lowest BCUT2D eigenvalue weighted by molar-refractivity contribution is -0.0568. The van der Waals surface area contributed by atoms with E-state index in [0.29, 0.717) is 54.8 Å². The first-order chi connectivity index (χ1) is 21.4. The molecule has 2 aromatic heterocycles. The molecule has 6 heterocycles. The Kier molecular flexibility index (Phi) is 8.91. The van der Waals surface area contributed by atoms with Gasteiger partial charge in [-0.05, 0) is 68.7 Å². The molecule has 45 heavy (non-hydrogen) atoms. The molecule has 9 nitrogen and oxygen atoms in total. The third-order valence-corrected chi connectivity index (χ3v) is 11.6. The first-order valence-corrected chi connectivity index (χ1v) is 18.1. The van der Waals surface area contributed by atoms with Crippen LogP contribution in [0.5, 0.6) is 0 Å². The molecule has 3 aromatic rings. The van der Waals surface area contributed by atoms with Gasteiger partial charge in [0.2, 0.25) is 0 Å². The van der Waals surface area contributed by atoms with Crippen LogP contribution in [0.15, 0.2) is 39.9 Å². The summed E-state index contributed by atoms with van der Waals surface area (Å²) in [5.41, 5.74) is 0.734. The highest BCUT2D eigenvalue weighted by molar-refractivity contribution is 7.91. The number of pyridine rings is 1. The second-order valence-corrected chi connectivity index (χ2v) is 15.6. The van der Waals surface area contributed by atoms with Crippen molar-refractivity contribution in [2.75, 3.05) is 36.5 Å². The van der Waals surface area contributed by atoms with E-state index in [1.807, 2.05) is 6.92 Å². The molecule has 1 aromatic carbocycles. The molecule has 2 saturated heterocycles. The monoisotopic (exact) mass is 643 g/mol. The van der Waals surface area contributed by atoms with Crippen LogP contribution in [0.2, 0.25) is 0 Å². The highest BCUT2D eigenvalue weighted by Crippen LogP contribution is 2.39. The summed E-state index contributed by atoms with van der Waals surface area (Å²) in [6.07, 6.45) is 5.10. The summed E-state index contributed by atoms with van der Waals surface area (Å²) >= 11 is 0. The van der Waals surface area contributed by atoms with Crippen molar-refractivity contribution in [3.05, 3.63) is 67.7 Å². The Morgan fingerprint density at radius 1 is 0.956 bits per heavy atom. The molecule has 4 aliphatic rings. The number of hydrogen-bond acceptors (Lipinski definition) is 7. The Hall–Kier alpha value is -3.12. The fourth-order valence-corrected chi connectivity index (χ4v) is 8.74. The van der Waals surface area contributed by atoms with Crippen molar-refractivity contribution in [1.82, 2.24) is 19.2 Å². The Morgan fingerprint density at radius 2 is 1.64 bits per heavy atom. The van der Waals surface area contributed by atoms with E-state index in [1.54, 1.807) is 28.8 Å². The smallest absolute Gasteiger partial charge is 0.291 e. The minimum Gasteiger partial charge on any atom is -0.362 e. The number of sulfone groups is 1. The molecule has 1 atom stereocenters. The Bertz CT molecular complexity index is 1780. The predicted molar refractivity (Wildman–Crippen MR) is 172 cm³/mol. The summed E-state index contributed by atoms with van der Waals surface area (Å²) in [5, 5.41) is 8.37. The third-order valence-electron chi connectivity index (χ3n) is 9.91. The van der Waals surface area contributed by atoms with E-state index < -0.39 is 27.4 Å². The number of aryl methyl sites for hydroxylation is 2. The molecular weight excluding hydrogens is 600 g/mol. The fraction of sp³-hybridized carbons (Fsp3) is 0.606. The van der Waals surface area contributed by atoms with Crippen LogP contribution in [0.3, 0.4) is 0 Å². The Labute approximate surface area is 262 Å². The van der Waals surface area contributed by atoms with Crippen LogP contribution in [-0.2, 0) is 29.4 Å². The standard InChI is InChI=1S/C33H43F2N5O4S/c1-22-25-9-8-10-26(17-25)33(34,35)19-23-20-39(21-23)13-6-4-3-5-7-14-40-29-28(30(36-22)37-38(2)32(29)42)18-27(31(40)41)24-11-15-45(43,44)16-12-24/h8-10,17-18,22-24H,3-7,11-16,19-21H2,1-2H3,(H,36,37)/t22-/m1/s1. The number of nitrogens with zero attached hydrogens (tertiary/aromatic N) is 4. The van der Waals surface area contributed by atoms with Gasteiger partial charge in [-0.15, -0.1) is 0 Å². The summed E-state index contributed by atoms with van der Waals surface area (Å²) in [7, 11) is -1.60. The van der Waals surface area contributed by atoms with E-state index in [4.69, 9.17) is 0 Å². The highest BCUT2D eigenvalue weighted by atomic mass is 32.2. The molecule has 0 unspecified atom stereocenters. The van der Waals surface area contributed by atoms with Crippen LogP contribution >= 0.6 is 0 Å². The number of anilines is 1. The molecule has 12 heteroatoms. The number of benzene rings is 1. The molecule has 244 valence electrons. The maximum atomic E-state index is 15.5. The van der Waals surface area contributed by atoms with Crippen molar-refractivity contribution in [2.45, 2.75) is 82.7 Å². The number of aromatic nitrogens is 3. The number of rotatable bonds is 1. The topological polar surface area (TPSA) is 106 Å². The van der Waals surface area contributed by atoms with Gasteiger partial charge in [0.15, 0.2) is 5.82 Å². The predicted octanol–water partition coefficient (Wildman–Crippen LogP) is 4.94. The molecule has 2 fully saturated rings. The van der Waals surface area contributed by atoms with Crippen molar-refractivity contribution >= 4 is 26.6 Å². The average molecular weight is 644 g/mol. The van der Waals surface area contributed by atoms with Gasteiger partial charge in [0.25, 0.3) is 17.0 Å². The third kappa shape index (κ3) is 6.72. The van der Waals surface area contributed by atoms with Crippen molar-refractivity contribution < 1.29 is 17.2 Å². The van der Waals surface area contributed by atoms with Crippen molar-refractivity contribution in [3.63, 3.8) is 0 Å². The maximum absolute atomic E-state index is 15.5. The van der Waals surface area contributed by atoms with Gasteiger partial charge in [-0.1, -0.05) is 37.5 Å². The first-order valence-electron chi connectivity index (χ1n) is 16.2. The van der Waals surface area contributed by atoms with Gasteiger partial charge in [-0.3, -0.25) is 9.59 Å². The van der Waals surface area contributed by atoms with Gasteiger partial charge < -0.3 is 14.8 Å². The summed E-state index contributed by atoms with van der Waals surface area (Å²) in [5.74, 6) is -2.82. The van der Waals surface area contributed by atoms with E-state index in [0.717, 1.165) is 38.6 Å². The SMILES string of the molecule is C[C@H]1Nc2nn(C)c(=O)c3c2cc(C2CCS(=O)(=O)CC2)c(=O)n3CCCCCCCN2CC(C2)CC(F)(F)c2cccc1c2. The minimum atomic E-state index is -3.14. The molecule has 0 spiro atoms. The number of nitrogens with one attached hydrogen (secondary N) is 1. The Balaban J connectivity index is 1.43. The zero-order chi connectivity index (χ0) is 31.9. The summed E-state index contributed by atoms with van der Waals surface area (Å²) in [4.78, 5) is 29.8. The van der Waals surface area contributed by atoms with Crippen molar-refractivity contribution in [1.29, 1.82) is 0 Å². The van der Waals surface area contributed by atoms with Crippen molar-refractivity contribution in [3.8, 4) is 0 Å². The molecule has 4 aliphatic heterocycles. The molecule has 0 saturated carbocycles.